The van der Waals surface area contributed by atoms with Crippen molar-refractivity contribution in [3.63, 3.8) is 0 Å². The van der Waals surface area contributed by atoms with Crippen LogP contribution in [-0.2, 0) is 4.79 Å². The predicted octanol–water partition coefficient (Wildman–Crippen LogP) is 3.97. The molecule has 0 radical (unpaired) electrons. The van der Waals surface area contributed by atoms with Gasteiger partial charge in [-0.15, -0.1) is 0 Å². The first-order valence-corrected chi connectivity index (χ1v) is 9.65. The molecule has 6 heteroatoms. The number of hydrogen-bond acceptors (Lipinski definition) is 5. The maximum atomic E-state index is 12.5. The lowest BCUT2D eigenvalue weighted by atomic mass is 10.2. The van der Waals surface area contributed by atoms with Crippen LogP contribution in [0.4, 0.5) is 5.88 Å². The zero-order valence-corrected chi connectivity index (χ0v) is 15.3. The number of anilines is 1. The van der Waals surface area contributed by atoms with E-state index in [9.17, 15) is 4.79 Å². The summed E-state index contributed by atoms with van der Waals surface area (Å²) < 4.78 is 5.98. The fraction of sp³-hybridized carbons (Fsp3) is 0.556. The van der Waals surface area contributed by atoms with Gasteiger partial charge in [0.25, 0.3) is 5.91 Å². The van der Waals surface area contributed by atoms with Crippen LogP contribution in [0.2, 0.25) is 0 Å². The van der Waals surface area contributed by atoms with E-state index in [4.69, 9.17) is 4.42 Å². The van der Waals surface area contributed by atoms with Gasteiger partial charge in [-0.2, -0.15) is 0 Å². The van der Waals surface area contributed by atoms with E-state index in [2.05, 4.69) is 9.89 Å². The minimum absolute atomic E-state index is 0.0161. The van der Waals surface area contributed by atoms with Crippen molar-refractivity contribution in [1.82, 2.24) is 4.90 Å². The predicted molar refractivity (Wildman–Crippen MR) is 100 cm³/mol. The van der Waals surface area contributed by atoms with Gasteiger partial charge in [0.15, 0.2) is 11.1 Å². The molecule has 2 fully saturated rings. The Labute approximate surface area is 147 Å². The van der Waals surface area contributed by atoms with Crippen LogP contribution in [-0.4, -0.2) is 42.2 Å². The molecular weight excluding hydrogens is 322 g/mol. The van der Waals surface area contributed by atoms with E-state index in [0.717, 1.165) is 29.9 Å². The lowest BCUT2D eigenvalue weighted by molar-refractivity contribution is -0.122. The SMILES string of the molecule is CCN=C1S/C(=C/c2ccc(N3CCCCCC3)o2)C(=O)N1CC. The second kappa shape index (κ2) is 7.92. The van der Waals surface area contributed by atoms with Crippen LogP contribution in [0.3, 0.4) is 0 Å². The number of carbonyl (C=O) groups excluding carboxylic acids is 1. The number of carbonyl (C=O) groups is 1. The summed E-state index contributed by atoms with van der Waals surface area (Å²) in [6.07, 6.45) is 6.87. The quantitative estimate of drug-likeness (QED) is 0.773. The minimum Gasteiger partial charge on any atom is -0.441 e. The topological polar surface area (TPSA) is 49.1 Å². The van der Waals surface area contributed by atoms with Gasteiger partial charge in [0.05, 0.1) is 4.91 Å². The summed E-state index contributed by atoms with van der Waals surface area (Å²) in [5, 5.41) is 0.788. The molecule has 3 rings (SSSR count). The average Bonchev–Trinajstić information content (AvgIpc) is 3.03. The summed E-state index contributed by atoms with van der Waals surface area (Å²) in [6.45, 7) is 7.37. The Balaban J connectivity index is 1.77. The molecule has 1 aromatic rings. The molecule has 130 valence electrons. The first-order valence-electron chi connectivity index (χ1n) is 8.83. The van der Waals surface area contributed by atoms with Crippen molar-refractivity contribution in [3.8, 4) is 0 Å². The van der Waals surface area contributed by atoms with Crippen LogP contribution >= 0.6 is 11.8 Å². The molecule has 24 heavy (non-hydrogen) atoms. The lowest BCUT2D eigenvalue weighted by Crippen LogP contribution is -2.28. The number of rotatable bonds is 4. The van der Waals surface area contributed by atoms with Gasteiger partial charge in [0.2, 0.25) is 0 Å². The van der Waals surface area contributed by atoms with E-state index in [1.165, 1.54) is 37.4 Å². The summed E-state index contributed by atoms with van der Waals surface area (Å²) in [7, 11) is 0. The lowest BCUT2D eigenvalue weighted by Gasteiger charge is -2.18. The summed E-state index contributed by atoms with van der Waals surface area (Å²) in [5.74, 6) is 1.66. The zero-order chi connectivity index (χ0) is 16.9. The number of likely N-dealkylation sites (N-methyl/N-ethyl adjacent to an activating group) is 1. The fourth-order valence-corrected chi connectivity index (χ4v) is 4.14. The Kier molecular flexibility index (Phi) is 5.66. The molecule has 2 aliphatic heterocycles. The molecule has 0 spiro atoms. The Morgan fingerprint density at radius 3 is 2.62 bits per heavy atom. The molecule has 0 bridgehead atoms. The fourth-order valence-electron chi connectivity index (χ4n) is 3.05. The average molecular weight is 347 g/mol. The summed E-state index contributed by atoms with van der Waals surface area (Å²) in [5.41, 5.74) is 0. The monoisotopic (exact) mass is 347 g/mol. The van der Waals surface area contributed by atoms with E-state index in [1.54, 1.807) is 4.90 Å². The first-order chi connectivity index (χ1) is 11.7. The third kappa shape index (κ3) is 3.69. The summed E-state index contributed by atoms with van der Waals surface area (Å²) >= 11 is 1.43. The van der Waals surface area contributed by atoms with Crippen molar-refractivity contribution in [2.45, 2.75) is 39.5 Å². The smallest absolute Gasteiger partial charge is 0.266 e. The van der Waals surface area contributed by atoms with Crippen molar-refractivity contribution >= 4 is 34.8 Å². The van der Waals surface area contributed by atoms with Gasteiger partial charge in [-0.1, -0.05) is 12.8 Å². The van der Waals surface area contributed by atoms with Crippen molar-refractivity contribution in [2.75, 3.05) is 31.1 Å². The van der Waals surface area contributed by atoms with Crippen molar-refractivity contribution in [1.29, 1.82) is 0 Å². The molecule has 2 aliphatic rings. The van der Waals surface area contributed by atoms with Crippen molar-refractivity contribution in [3.05, 3.63) is 22.8 Å². The first kappa shape index (κ1) is 17.1. The maximum absolute atomic E-state index is 12.5. The molecule has 0 saturated carbocycles. The van der Waals surface area contributed by atoms with Gasteiger partial charge >= 0.3 is 0 Å². The number of thioether (sulfide) groups is 1. The normalized spacial score (nSPS) is 22.7. The molecule has 0 unspecified atom stereocenters. The Hall–Kier alpha value is -1.69. The van der Waals surface area contributed by atoms with E-state index < -0.39 is 0 Å². The van der Waals surface area contributed by atoms with Crippen LogP contribution < -0.4 is 4.90 Å². The van der Waals surface area contributed by atoms with Gasteiger partial charge in [-0.3, -0.25) is 14.7 Å². The summed E-state index contributed by atoms with van der Waals surface area (Å²) in [4.78, 5) is 21.6. The third-order valence-electron chi connectivity index (χ3n) is 4.30. The number of amides is 1. The molecule has 0 atom stereocenters. The number of furan rings is 1. The molecule has 0 N–H and O–H groups in total. The highest BCUT2D eigenvalue weighted by atomic mass is 32.2. The zero-order valence-electron chi connectivity index (χ0n) is 14.5. The highest BCUT2D eigenvalue weighted by molar-refractivity contribution is 8.18. The highest BCUT2D eigenvalue weighted by Gasteiger charge is 2.32. The van der Waals surface area contributed by atoms with Crippen molar-refractivity contribution < 1.29 is 9.21 Å². The Morgan fingerprint density at radius 1 is 1.21 bits per heavy atom. The van der Waals surface area contributed by atoms with Gasteiger partial charge in [0, 0.05) is 38.3 Å². The van der Waals surface area contributed by atoms with Crippen LogP contribution in [0.15, 0.2) is 26.4 Å². The standard InChI is InChI=1S/C18H25N3O2S/c1-3-19-18-21(4-2)17(22)15(24-18)13-14-9-10-16(23-14)20-11-7-5-6-8-12-20/h9-10,13H,3-8,11-12H2,1-2H3/b15-13+,19-18?. The molecule has 1 amide bonds. The van der Waals surface area contributed by atoms with Crippen molar-refractivity contribution in [2.24, 2.45) is 4.99 Å². The van der Waals surface area contributed by atoms with Gasteiger partial charge in [-0.05, 0) is 44.5 Å². The Morgan fingerprint density at radius 2 is 1.96 bits per heavy atom. The number of aliphatic imine (C=N–C) groups is 1. The second-order valence-electron chi connectivity index (χ2n) is 5.99. The van der Waals surface area contributed by atoms with E-state index in [0.29, 0.717) is 18.0 Å². The van der Waals surface area contributed by atoms with Crippen LogP contribution in [0.1, 0.15) is 45.3 Å². The van der Waals surface area contributed by atoms with Crippen LogP contribution in [0.5, 0.6) is 0 Å². The van der Waals surface area contributed by atoms with Gasteiger partial charge < -0.3 is 9.32 Å². The number of nitrogens with zero attached hydrogens (tertiary/aromatic N) is 3. The number of amidine groups is 1. The number of hydrogen-bond donors (Lipinski definition) is 0. The molecule has 0 aromatic carbocycles. The Bertz CT molecular complexity index is 642. The molecule has 5 nitrogen and oxygen atoms in total. The van der Waals surface area contributed by atoms with Gasteiger partial charge in [-0.25, -0.2) is 0 Å². The van der Waals surface area contributed by atoms with Gasteiger partial charge in [0.1, 0.15) is 5.76 Å². The van der Waals surface area contributed by atoms with E-state index >= 15 is 0 Å². The van der Waals surface area contributed by atoms with Crippen LogP contribution in [0, 0.1) is 0 Å². The third-order valence-corrected chi connectivity index (χ3v) is 5.35. The molecule has 1 aromatic heterocycles. The molecule has 3 heterocycles. The van der Waals surface area contributed by atoms with Crippen LogP contribution in [0.25, 0.3) is 6.08 Å². The minimum atomic E-state index is 0.0161. The maximum Gasteiger partial charge on any atom is 0.266 e. The molecule has 2 saturated heterocycles. The largest absolute Gasteiger partial charge is 0.441 e. The summed E-state index contributed by atoms with van der Waals surface area (Å²) in [6, 6.07) is 3.97. The molecule has 0 aliphatic carbocycles. The second-order valence-corrected chi connectivity index (χ2v) is 7.00. The van der Waals surface area contributed by atoms with E-state index in [1.807, 2.05) is 32.1 Å². The molecular formula is C18H25N3O2S. The highest BCUT2D eigenvalue weighted by Crippen LogP contribution is 2.33. The van der Waals surface area contributed by atoms with E-state index in [-0.39, 0.29) is 5.91 Å².